The molecule has 0 spiro atoms. The van der Waals surface area contributed by atoms with Crippen LogP contribution in [0, 0.1) is 17.8 Å². The summed E-state index contributed by atoms with van der Waals surface area (Å²) in [5.41, 5.74) is 1.07. The lowest BCUT2D eigenvalue weighted by Gasteiger charge is -2.26. The minimum Gasteiger partial charge on any atom is -0.508 e. The van der Waals surface area contributed by atoms with Gasteiger partial charge in [-0.25, -0.2) is 0 Å². The number of fused-ring (bicyclic) bond motifs is 1. The van der Waals surface area contributed by atoms with Crippen LogP contribution in [-0.4, -0.2) is 23.0 Å². The second kappa shape index (κ2) is 4.55. The maximum atomic E-state index is 12.5. The lowest BCUT2D eigenvalue weighted by molar-refractivity contribution is -0.134. The second-order valence-electron chi connectivity index (χ2n) is 6.00. The lowest BCUT2D eigenvalue weighted by atomic mass is 10.1. The van der Waals surface area contributed by atoms with Crippen LogP contribution in [0.4, 0.5) is 0 Å². The number of nitrogens with zero attached hydrogens (tertiary/aromatic N) is 1. The van der Waals surface area contributed by atoms with Crippen LogP contribution in [0.1, 0.15) is 37.8 Å². The molecule has 2 fully saturated rings. The summed E-state index contributed by atoms with van der Waals surface area (Å²) in [4.78, 5) is 14.3. The standard InChI is InChI=1S/C16H21NO2/c1-10(11-6-8-12(18)9-7-11)17(2)16(19)15-13-4-3-5-14(13)15/h6-10,13-15,18H,3-5H2,1-2H3. The van der Waals surface area contributed by atoms with Gasteiger partial charge in [0.1, 0.15) is 5.75 Å². The molecular weight excluding hydrogens is 238 g/mol. The predicted octanol–water partition coefficient (Wildman–Crippen LogP) is 2.96. The fraction of sp³-hybridized carbons (Fsp3) is 0.562. The van der Waals surface area contributed by atoms with Gasteiger partial charge in [0, 0.05) is 13.0 Å². The molecule has 0 bridgehead atoms. The second-order valence-corrected chi connectivity index (χ2v) is 6.00. The van der Waals surface area contributed by atoms with E-state index in [2.05, 4.69) is 0 Å². The number of phenolic OH excluding ortho intramolecular Hbond substituents is 1. The molecule has 102 valence electrons. The molecule has 0 heterocycles. The Bertz CT molecular complexity index is 472. The number of hydrogen-bond donors (Lipinski definition) is 1. The highest BCUT2D eigenvalue weighted by atomic mass is 16.3. The molecule has 0 radical (unpaired) electrons. The number of benzene rings is 1. The van der Waals surface area contributed by atoms with Gasteiger partial charge in [-0.05, 0) is 49.3 Å². The van der Waals surface area contributed by atoms with Crippen molar-refractivity contribution in [3.63, 3.8) is 0 Å². The van der Waals surface area contributed by atoms with Gasteiger partial charge in [0.15, 0.2) is 0 Å². The van der Waals surface area contributed by atoms with E-state index in [-0.39, 0.29) is 11.8 Å². The summed E-state index contributed by atoms with van der Waals surface area (Å²) in [5, 5.41) is 9.31. The molecule has 3 rings (SSSR count). The minimum absolute atomic E-state index is 0.0643. The number of aromatic hydroxyl groups is 1. The van der Waals surface area contributed by atoms with E-state index < -0.39 is 0 Å². The molecule has 0 aliphatic heterocycles. The van der Waals surface area contributed by atoms with Crippen LogP contribution >= 0.6 is 0 Å². The molecule has 3 unspecified atom stereocenters. The Morgan fingerprint density at radius 1 is 1.26 bits per heavy atom. The molecule has 2 aliphatic rings. The molecule has 3 heteroatoms. The molecular formula is C16H21NO2. The first kappa shape index (κ1) is 12.5. The van der Waals surface area contributed by atoms with E-state index in [1.165, 1.54) is 19.3 Å². The first-order chi connectivity index (χ1) is 9.09. The van der Waals surface area contributed by atoms with Crippen molar-refractivity contribution in [2.75, 3.05) is 7.05 Å². The molecule has 2 saturated carbocycles. The van der Waals surface area contributed by atoms with Crippen molar-refractivity contribution in [3.05, 3.63) is 29.8 Å². The van der Waals surface area contributed by atoms with E-state index in [1.807, 2.05) is 31.0 Å². The SMILES string of the molecule is CC(c1ccc(O)cc1)N(C)C(=O)C1C2CCCC21. The van der Waals surface area contributed by atoms with E-state index in [0.29, 0.717) is 23.7 Å². The Kier molecular flexibility index (Phi) is 3.00. The van der Waals surface area contributed by atoms with Gasteiger partial charge in [0.05, 0.1) is 6.04 Å². The summed E-state index contributed by atoms with van der Waals surface area (Å²) >= 11 is 0. The van der Waals surface area contributed by atoms with Crippen LogP contribution in [0.2, 0.25) is 0 Å². The van der Waals surface area contributed by atoms with Crippen LogP contribution in [0.25, 0.3) is 0 Å². The van der Waals surface area contributed by atoms with Gasteiger partial charge in [-0.1, -0.05) is 18.6 Å². The van der Waals surface area contributed by atoms with Gasteiger partial charge < -0.3 is 10.0 Å². The molecule has 1 aromatic rings. The number of rotatable bonds is 3. The topological polar surface area (TPSA) is 40.5 Å². The summed E-state index contributed by atoms with van der Waals surface area (Å²) in [5.74, 6) is 2.19. The quantitative estimate of drug-likeness (QED) is 0.906. The van der Waals surface area contributed by atoms with Crippen LogP contribution in [0.15, 0.2) is 24.3 Å². The predicted molar refractivity (Wildman–Crippen MR) is 73.6 cm³/mol. The Balaban J connectivity index is 1.68. The van der Waals surface area contributed by atoms with Gasteiger partial charge in [-0.3, -0.25) is 4.79 Å². The summed E-state index contributed by atoms with van der Waals surface area (Å²) in [6, 6.07) is 7.19. The normalized spacial score (nSPS) is 29.7. The summed E-state index contributed by atoms with van der Waals surface area (Å²) in [7, 11) is 1.90. The summed E-state index contributed by atoms with van der Waals surface area (Å²) in [6.45, 7) is 2.04. The van der Waals surface area contributed by atoms with E-state index >= 15 is 0 Å². The molecule has 0 saturated heterocycles. The Hall–Kier alpha value is -1.51. The highest BCUT2D eigenvalue weighted by Crippen LogP contribution is 2.58. The Labute approximate surface area is 114 Å². The van der Waals surface area contributed by atoms with Crippen molar-refractivity contribution >= 4 is 5.91 Å². The van der Waals surface area contributed by atoms with Crippen molar-refractivity contribution < 1.29 is 9.90 Å². The smallest absolute Gasteiger partial charge is 0.226 e. The average Bonchev–Trinajstić information content (AvgIpc) is 2.89. The Morgan fingerprint density at radius 2 is 1.84 bits per heavy atom. The zero-order valence-electron chi connectivity index (χ0n) is 11.5. The Morgan fingerprint density at radius 3 is 2.42 bits per heavy atom. The van der Waals surface area contributed by atoms with Crippen molar-refractivity contribution in [2.45, 2.75) is 32.2 Å². The molecule has 3 atom stereocenters. The van der Waals surface area contributed by atoms with Gasteiger partial charge in [-0.2, -0.15) is 0 Å². The van der Waals surface area contributed by atoms with E-state index in [0.717, 1.165) is 5.56 Å². The third-order valence-electron chi connectivity index (χ3n) is 5.00. The summed E-state index contributed by atoms with van der Waals surface area (Å²) < 4.78 is 0. The van der Waals surface area contributed by atoms with Crippen LogP contribution < -0.4 is 0 Å². The third kappa shape index (κ3) is 2.11. The number of carbonyl (C=O) groups excluding carboxylic acids is 1. The van der Waals surface area contributed by atoms with E-state index in [4.69, 9.17) is 0 Å². The van der Waals surface area contributed by atoms with E-state index in [9.17, 15) is 9.90 Å². The fourth-order valence-corrected chi connectivity index (χ4v) is 3.59. The van der Waals surface area contributed by atoms with Gasteiger partial charge in [0.25, 0.3) is 0 Å². The number of carbonyl (C=O) groups is 1. The molecule has 1 N–H and O–H groups in total. The van der Waals surface area contributed by atoms with Crippen molar-refractivity contribution in [1.29, 1.82) is 0 Å². The van der Waals surface area contributed by atoms with Gasteiger partial charge >= 0.3 is 0 Å². The monoisotopic (exact) mass is 259 g/mol. The molecule has 1 aromatic carbocycles. The molecule has 1 amide bonds. The zero-order chi connectivity index (χ0) is 13.6. The molecule has 0 aromatic heterocycles. The van der Waals surface area contributed by atoms with Crippen molar-refractivity contribution in [3.8, 4) is 5.75 Å². The molecule has 19 heavy (non-hydrogen) atoms. The molecule has 2 aliphatic carbocycles. The third-order valence-corrected chi connectivity index (χ3v) is 5.00. The van der Waals surface area contributed by atoms with Gasteiger partial charge in [0.2, 0.25) is 5.91 Å². The maximum Gasteiger partial charge on any atom is 0.226 e. The van der Waals surface area contributed by atoms with Crippen LogP contribution in [0.3, 0.4) is 0 Å². The van der Waals surface area contributed by atoms with E-state index in [1.54, 1.807) is 12.1 Å². The zero-order valence-corrected chi connectivity index (χ0v) is 11.5. The maximum absolute atomic E-state index is 12.5. The van der Waals surface area contributed by atoms with Crippen molar-refractivity contribution in [2.24, 2.45) is 17.8 Å². The van der Waals surface area contributed by atoms with Gasteiger partial charge in [-0.15, -0.1) is 0 Å². The first-order valence-electron chi connectivity index (χ1n) is 7.15. The number of hydrogen-bond acceptors (Lipinski definition) is 2. The van der Waals surface area contributed by atoms with Crippen molar-refractivity contribution in [1.82, 2.24) is 4.90 Å². The number of phenols is 1. The molecule has 3 nitrogen and oxygen atoms in total. The average molecular weight is 259 g/mol. The largest absolute Gasteiger partial charge is 0.508 e. The highest BCUT2D eigenvalue weighted by Gasteiger charge is 2.57. The van der Waals surface area contributed by atoms with Crippen LogP contribution in [0.5, 0.6) is 5.75 Å². The lowest BCUT2D eigenvalue weighted by Crippen LogP contribution is -2.32. The summed E-state index contributed by atoms with van der Waals surface area (Å²) in [6.07, 6.45) is 3.78. The first-order valence-corrected chi connectivity index (χ1v) is 7.15. The highest BCUT2D eigenvalue weighted by molar-refractivity contribution is 5.82. The van der Waals surface area contributed by atoms with Crippen LogP contribution in [-0.2, 0) is 4.79 Å². The number of amides is 1. The minimum atomic E-state index is 0.0643. The fourth-order valence-electron chi connectivity index (χ4n) is 3.59.